The standard InChI is InChI=1S/C22H22N4O3S/c1-29-18-9-7-17(8-10-18)15-25-11-12-26(22(25)28)21-24-14-19(30-21)20(27)23-13-16-5-3-2-4-6-16/h2-10,14H,11-13,15H2,1H3,(H,23,27). The first-order valence-corrected chi connectivity index (χ1v) is 10.4. The Morgan fingerprint density at radius 3 is 2.60 bits per heavy atom. The zero-order chi connectivity index (χ0) is 20.9. The van der Waals surface area contributed by atoms with Gasteiger partial charge in [0.15, 0.2) is 5.13 Å². The summed E-state index contributed by atoms with van der Waals surface area (Å²) in [4.78, 5) is 33.4. The monoisotopic (exact) mass is 422 g/mol. The molecule has 2 aromatic carbocycles. The van der Waals surface area contributed by atoms with Crippen LogP contribution < -0.4 is 15.0 Å². The number of methoxy groups -OCH3 is 1. The van der Waals surface area contributed by atoms with E-state index in [0.29, 0.717) is 36.2 Å². The number of ether oxygens (including phenoxy) is 1. The van der Waals surface area contributed by atoms with E-state index < -0.39 is 0 Å². The molecule has 8 heteroatoms. The van der Waals surface area contributed by atoms with Crippen LogP contribution in [0.2, 0.25) is 0 Å². The highest BCUT2D eigenvalue weighted by molar-refractivity contribution is 7.17. The fourth-order valence-corrected chi connectivity index (χ4v) is 4.07. The normalized spacial score (nSPS) is 13.6. The Hall–Kier alpha value is -3.39. The zero-order valence-corrected chi connectivity index (χ0v) is 17.4. The van der Waals surface area contributed by atoms with Crippen LogP contribution in [-0.4, -0.2) is 42.0 Å². The lowest BCUT2D eigenvalue weighted by Gasteiger charge is -2.17. The van der Waals surface area contributed by atoms with Gasteiger partial charge in [-0.3, -0.25) is 9.69 Å². The quantitative estimate of drug-likeness (QED) is 0.632. The Morgan fingerprint density at radius 2 is 1.87 bits per heavy atom. The summed E-state index contributed by atoms with van der Waals surface area (Å²) in [5.41, 5.74) is 2.06. The molecular weight excluding hydrogens is 400 g/mol. The van der Waals surface area contributed by atoms with Crippen molar-refractivity contribution >= 4 is 28.4 Å². The molecule has 0 aliphatic carbocycles. The topological polar surface area (TPSA) is 74.8 Å². The second-order valence-electron chi connectivity index (χ2n) is 6.88. The molecule has 7 nitrogen and oxygen atoms in total. The van der Waals surface area contributed by atoms with Gasteiger partial charge in [0.2, 0.25) is 0 Å². The van der Waals surface area contributed by atoms with Gasteiger partial charge in [-0.15, -0.1) is 0 Å². The van der Waals surface area contributed by atoms with Crippen LogP contribution >= 0.6 is 11.3 Å². The van der Waals surface area contributed by atoms with Crippen molar-refractivity contribution in [3.63, 3.8) is 0 Å². The lowest BCUT2D eigenvalue weighted by molar-refractivity contribution is 0.0954. The average Bonchev–Trinajstić information content (AvgIpc) is 3.41. The maximum absolute atomic E-state index is 12.8. The lowest BCUT2D eigenvalue weighted by atomic mass is 10.2. The van der Waals surface area contributed by atoms with E-state index in [1.807, 2.05) is 54.6 Å². The van der Waals surface area contributed by atoms with Gasteiger partial charge in [-0.25, -0.2) is 9.78 Å². The Balaban J connectivity index is 1.36. The minimum Gasteiger partial charge on any atom is -0.497 e. The second kappa shape index (κ2) is 8.96. The predicted molar refractivity (Wildman–Crippen MR) is 116 cm³/mol. The van der Waals surface area contributed by atoms with Crippen LogP contribution in [0.3, 0.4) is 0 Å². The Bertz CT molecular complexity index is 1020. The molecule has 1 aliphatic heterocycles. The summed E-state index contributed by atoms with van der Waals surface area (Å²) in [6, 6.07) is 17.3. The van der Waals surface area contributed by atoms with Crippen LogP contribution in [0, 0.1) is 0 Å². The van der Waals surface area contributed by atoms with Crippen LogP contribution in [0.4, 0.5) is 9.93 Å². The number of hydrogen-bond donors (Lipinski definition) is 1. The van der Waals surface area contributed by atoms with E-state index in [0.717, 1.165) is 16.9 Å². The number of rotatable bonds is 7. The number of amides is 3. The van der Waals surface area contributed by atoms with Gasteiger partial charge in [-0.05, 0) is 23.3 Å². The number of urea groups is 1. The van der Waals surface area contributed by atoms with Crippen LogP contribution in [0.15, 0.2) is 60.8 Å². The summed E-state index contributed by atoms with van der Waals surface area (Å²) in [5, 5.41) is 3.43. The summed E-state index contributed by atoms with van der Waals surface area (Å²) >= 11 is 1.23. The van der Waals surface area contributed by atoms with Crippen molar-refractivity contribution in [2.75, 3.05) is 25.1 Å². The number of thiazole rings is 1. The number of benzene rings is 2. The van der Waals surface area contributed by atoms with Crippen LogP contribution in [-0.2, 0) is 13.1 Å². The molecule has 0 bridgehead atoms. The van der Waals surface area contributed by atoms with Gasteiger partial charge in [-0.1, -0.05) is 53.8 Å². The number of hydrogen-bond acceptors (Lipinski definition) is 5. The third kappa shape index (κ3) is 4.44. The number of nitrogens with zero attached hydrogens (tertiary/aromatic N) is 3. The Morgan fingerprint density at radius 1 is 1.10 bits per heavy atom. The molecule has 1 N–H and O–H groups in total. The molecule has 1 saturated heterocycles. The molecule has 3 amide bonds. The zero-order valence-electron chi connectivity index (χ0n) is 16.6. The first-order chi connectivity index (χ1) is 14.6. The highest BCUT2D eigenvalue weighted by atomic mass is 32.1. The van der Waals surface area contributed by atoms with Gasteiger partial charge < -0.3 is 15.0 Å². The highest BCUT2D eigenvalue weighted by Crippen LogP contribution is 2.27. The van der Waals surface area contributed by atoms with E-state index in [-0.39, 0.29) is 11.9 Å². The molecule has 0 atom stereocenters. The molecule has 1 aliphatic rings. The van der Waals surface area contributed by atoms with Gasteiger partial charge in [0.1, 0.15) is 10.6 Å². The number of anilines is 1. The molecule has 2 heterocycles. The number of carbonyl (C=O) groups is 2. The van der Waals surface area contributed by atoms with E-state index in [9.17, 15) is 9.59 Å². The molecule has 0 spiro atoms. The second-order valence-corrected chi connectivity index (χ2v) is 7.89. The van der Waals surface area contributed by atoms with Gasteiger partial charge in [-0.2, -0.15) is 0 Å². The van der Waals surface area contributed by atoms with Gasteiger partial charge in [0.05, 0.1) is 13.3 Å². The lowest BCUT2D eigenvalue weighted by Crippen LogP contribution is -2.31. The summed E-state index contributed by atoms with van der Waals surface area (Å²) in [6.07, 6.45) is 1.53. The summed E-state index contributed by atoms with van der Waals surface area (Å²) in [6.45, 7) is 2.13. The predicted octanol–water partition coefficient (Wildman–Crippen LogP) is 3.52. The molecule has 4 rings (SSSR count). The van der Waals surface area contributed by atoms with E-state index in [2.05, 4.69) is 10.3 Å². The molecule has 154 valence electrons. The van der Waals surface area contributed by atoms with Crippen molar-refractivity contribution in [3.05, 3.63) is 76.8 Å². The number of carbonyl (C=O) groups excluding carboxylic acids is 2. The van der Waals surface area contributed by atoms with Gasteiger partial charge >= 0.3 is 6.03 Å². The summed E-state index contributed by atoms with van der Waals surface area (Å²) in [5.74, 6) is 0.596. The first kappa shape index (κ1) is 19.9. The molecule has 0 unspecified atom stereocenters. The van der Waals surface area contributed by atoms with E-state index in [1.54, 1.807) is 16.9 Å². The molecule has 1 aromatic heterocycles. The SMILES string of the molecule is COc1ccc(CN2CCN(c3ncc(C(=O)NCc4ccccc4)s3)C2=O)cc1. The maximum Gasteiger partial charge on any atom is 0.326 e. The van der Waals surface area contributed by atoms with E-state index >= 15 is 0 Å². The van der Waals surface area contributed by atoms with Crippen molar-refractivity contribution < 1.29 is 14.3 Å². The molecule has 1 fully saturated rings. The van der Waals surface area contributed by atoms with Crippen molar-refractivity contribution in [1.29, 1.82) is 0 Å². The van der Waals surface area contributed by atoms with E-state index in [1.165, 1.54) is 17.5 Å². The molecule has 3 aromatic rings. The highest BCUT2D eigenvalue weighted by Gasteiger charge is 2.31. The third-order valence-electron chi connectivity index (χ3n) is 4.87. The van der Waals surface area contributed by atoms with E-state index in [4.69, 9.17) is 4.74 Å². The molecule has 30 heavy (non-hydrogen) atoms. The maximum atomic E-state index is 12.8. The van der Waals surface area contributed by atoms with Crippen molar-refractivity contribution in [1.82, 2.24) is 15.2 Å². The molecular formula is C22H22N4O3S. The Kier molecular flexibility index (Phi) is 5.94. The fourth-order valence-electron chi connectivity index (χ4n) is 3.22. The smallest absolute Gasteiger partial charge is 0.326 e. The summed E-state index contributed by atoms with van der Waals surface area (Å²) in [7, 11) is 1.63. The molecule has 0 saturated carbocycles. The number of aromatic nitrogens is 1. The average molecular weight is 423 g/mol. The van der Waals surface area contributed by atoms with Crippen molar-refractivity contribution in [3.8, 4) is 5.75 Å². The number of nitrogens with one attached hydrogen (secondary N) is 1. The fraction of sp³-hybridized carbons (Fsp3) is 0.227. The van der Waals surface area contributed by atoms with Crippen molar-refractivity contribution in [2.24, 2.45) is 0 Å². The first-order valence-electron chi connectivity index (χ1n) is 9.61. The van der Waals surface area contributed by atoms with Gasteiger partial charge in [0.25, 0.3) is 5.91 Å². The minimum absolute atomic E-state index is 0.101. The van der Waals surface area contributed by atoms with Crippen LogP contribution in [0.1, 0.15) is 20.8 Å². The largest absolute Gasteiger partial charge is 0.497 e. The third-order valence-corrected chi connectivity index (χ3v) is 5.89. The van der Waals surface area contributed by atoms with Crippen molar-refractivity contribution in [2.45, 2.75) is 13.1 Å². The van der Waals surface area contributed by atoms with Gasteiger partial charge in [0, 0.05) is 26.2 Å². The van der Waals surface area contributed by atoms with Crippen LogP contribution in [0.25, 0.3) is 0 Å². The van der Waals surface area contributed by atoms with Crippen LogP contribution in [0.5, 0.6) is 5.75 Å². The Labute approximate surface area is 178 Å². The minimum atomic E-state index is -0.190. The molecule has 0 radical (unpaired) electrons. The summed E-state index contributed by atoms with van der Waals surface area (Å²) < 4.78 is 5.17.